The molecule has 0 bridgehead atoms. The molecule has 3 heterocycles. The third-order valence-electron chi connectivity index (χ3n) is 4.46. The predicted molar refractivity (Wildman–Crippen MR) is 115 cm³/mol. The molecule has 1 N–H and O–H groups in total. The first kappa shape index (κ1) is 20.9. The van der Waals surface area contributed by atoms with Crippen LogP contribution in [0.4, 0.5) is 5.82 Å². The van der Waals surface area contributed by atoms with E-state index >= 15 is 0 Å². The van der Waals surface area contributed by atoms with Gasteiger partial charge in [0.25, 0.3) is 5.91 Å². The Morgan fingerprint density at radius 3 is 2.79 bits per heavy atom. The molecule has 1 unspecified atom stereocenters. The maximum atomic E-state index is 13.2. The number of carbonyl (C=O) groups excluding carboxylic acids is 1. The summed E-state index contributed by atoms with van der Waals surface area (Å²) in [5.41, 5.74) is 1.47. The summed E-state index contributed by atoms with van der Waals surface area (Å²) in [6, 6.07) is 5.52. The largest absolute Gasteiger partial charge is 0.366 e. The second kappa shape index (κ2) is 10.1. The second-order valence-electron chi connectivity index (χ2n) is 7.22. The maximum absolute atomic E-state index is 13.2. The van der Waals surface area contributed by atoms with E-state index < -0.39 is 0 Å². The van der Waals surface area contributed by atoms with Crippen LogP contribution in [-0.2, 0) is 11.2 Å². The van der Waals surface area contributed by atoms with Crippen molar-refractivity contribution in [1.29, 1.82) is 0 Å². The molecule has 8 heteroatoms. The van der Waals surface area contributed by atoms with Crippen LogP contribution in [0.5, 0.6) is 0 Å². The van der Waals surface area contributed by atoms with Crippen molar-refractivity contribution >= 4 is 29.0 Å². The van der Waals surface area contributed by atoms with Crippen LogP contribution < -0.4 is 5.32 Å². The number of likely N-dealkylation sites (tertiary alicyclic amines) is 1. The van der Waals surface area contributed by atoms with Gasteiger partial charge in [-0.3, -0.25) is 9.79 Å². The minimum absolute atomic E-state index is 0.0782. The second-order valence-corrected chi connectivity index (χ2v) is 7.66. The van der Waals surface area contributed by atoms with Crippen molar-refractivity contribution in [2.24, 2.45) is 4.99 Å². The molecule has 1 saturated heterocycles. The lowest BCUT2D eigenvalue weighted by molar-refractivity contribution is -0.125. The zero-order chi connectivity index (χ0) is 20.6. The van der Waals surface area contributed by atoms with Gasteiger partial charge in [-0.1, -0.05) is 17.2 Å². The highest BCUT2D eigenvalue weighted by molar-refractivity contribution is 6.39. The van der Waals surface area contributed by atoms with E-state index in [1.54, 1.807) is 36.9 Å². The molecule has 1 fully saturated rings. The number of hydrogen-bond donors (Lipinski definition) is 1. The van der Waals surface area contributed by atoms with Gasteiger partial charge in [-0.25, -0.2) is 15.0 Å². The van der Waals surface area contributed by atoms with Crippen LogP contribution in [-0.4, -0.2) is 50.6 Å². The first-order valence-electron chi connectivity index (χ1n) is 9.64. The number of amides is 1. The molecule has 7 nitrogen and oxygen atoms in total. The van der Waals surface area contributed by atoms with E-state index in [-0.39, 0.29) is 11.9 Å². The average molecular weight is 413 g/mol. The molecule has 3 rings (SSSR count). The zero-order valence-electron chi connectivity index (χ0n) is 16.7. The average Bonchev–Trinajstić information content (AvgIpc) is 2.73. The molecule has 1 aliphatic rings. The Labute approximate surface area is 176 Å². The van der Waals surface area contributed by atoms with Crippen LogP contribution in [0, 0.1) is 0 Å². The predicted octanol–water partition coefficient (Wildman–Crippen LogP) is 3.54. The van der Waals surface area contributed by atoms with Crippen LogP contribution in [0.2, 0.25) is 5.02 Å². The summed E-state index contributed by atoms with van der Waals surface area (Å²) in [6.07, 6.45) is 8.85. The molecule has 1 amide bonds. The Morgan fingerprint density at radius 1 is 1.31 bits per heavy atom. The SMILES string of the molecule is CC(C)=C/N=C(\Cc1ncccn1)C(=O)N1CCCC(Nc2ccc(Cl)cn2)C1. The first-order chi connectivity index (χ1) is 14.0. The number of aromatic nitrogens is 3. The standard InChI is InChI=1S/C21H25ClN6O/c1-15(2)12-25-18(11-20-23-8-4-9-24-20)21(29)28-10-3-5-17(14-28)27-19-7-6-16(22)13-26-19/h4,6-9,12-13,17H,3,5,10-11,14H2,1-2H3,(H,26,27)/b25-18+. The van der Waals surface area contributed by atoms with Crippen molar-refractivity contribution < 1.29 is 4.79 Å². The maximum Gasteiger partial charge on any atom is 0.268 e. The molecule has 29 heavy (non-hydrogen) atoms. The molecule has 2 aromatic rings. The molecule has 0 aromatic carbocycles. The molecule has 1 aliphatic heterocycles. The number of anilines is 1. The quantitative estimate of drug-likeness (QED) is 0.733. The Morgan fingerprint density at radius 2 is 2.10 bits per heavy atom. The van der Waals surface area contributed by atoms with Gasteiger partial charge in [0.2, 0.25) is 0 Å². The van der Waals surface area contributed by atoms with E-state index in [0.29, 0.717) is 36.1 Å². The van der Waals surface area contributed by atoms with Crippen LogP contribution in [0.3, 0.4) is 0 Å². The Bertz CT molecular complexity index is 878. The molecule has 0 radical (unpaired) electrons. The Balaban J connectivity index is 1.71. The van der Waals surface area contributed by atoms with Gasteiger partial charge < -0.3 is 10.2 Å². The fourth-order valence-corrected chi connectivity index (χ4v) is 3.20. The highest BCUT2D eigenvalue weighted by atomic mass is 35.5. The Hall–Kier alpha value is -2.80. The minimum atomic E-state index is -0.0782. The van der Waals surface area contributed by atoms with Gasteiger partial charge in [0, 0.05) is 43.9 Å². The summed E-state index contributed by atoms with van der Waals surface area (Å²) in [5, 5.41) is 3.99. The topological polar surface area (TPSA) is 83.4 Å². The highest BCUT2D eigenvalue weighted by Gasteiger charge is 2.27. The van der Waals surface area contributed by atoms with E-state index in [9.17, 15) is 4.79 Å². The van der Waals surface area contributed by atoms with E-state index in [2.05, 4.69) is 25.3 Å². The van der Waals surface area contributed by atoms with Crippen LogP contribution in [0.15, 0.2) is 53.6 Å². The summed E-state index contributed by atoms with van der Waals surface area (Å²) in [7, 11) is 0. The number of nitrogens with one attached hydrogen (secondary N) is 1. The summed E-state index contributed by atoms with van der Waals surface area (Å²) in [4.78, 5) is 32.3. The van der Waals surface area contributed by atoms with Gasteiger partial charge in [-0.2, -0.15) is 0 Å². The molecule has 152 valence electrons. The highest BCUT2D eigenvalue weighted by Crippen LogP contribution is 2.17. The number of pyridine rings is 1. The van der Waals surface area contributed by atoms with E-state index in [0.717, 1.165) is 24.2 Å². The van der Waals surface area contributed by atoms with Gasteiger partial charge in [-0.05, 0) is 44.9 Å². The van der Waals surface area contributed by atoms with Crippen LogP contribution >= 0.6 is 11.6 Å². The van der Waals surface area contributed by atoms with Gasteiger partial charge in [-0.15, -0.1) is 0 Å². The van der Waals surface area contributed by atoms with Gasteiger partial charge in [0.1, 0.15) is 17.4 Å². The van der Waals surface area contributed by atoms with Crippen molar-refractivity contribution in [2.75, 3.05) is 18.4 Å². The van der Waals surface area contributed by atoms with Gasteiger partial charge in [0.15, 0.2) is 0 Å². The third kappa shape index (κ3) is 6.35. The number of allylic oxidation sites excluding steroid dienone is 1. The zero-order valence-corrected chi connectivity index (χ0v) is 17.4. The summed E-state index contributed by atoms with van der Waals surface area (Å²) in [6.45, 7) is 5.19. The number of aliphatic imine (C=N–C) groups is 1. The van der Waals surface area contributed by atoms with E-state index in [1.807, 2.05) is 24.8 Å². The fraction of sp³-hybridized carbons (Fsp3) is 0.381. The van der Waals surface area contributed by atoms with Crippen molar-refractivity contribution in [3.05, 3.63) is 59.4 Å². The van der Waals surface area contributed by atoms with Crippen molar-refractivity contribution in [3.63, 3.8) is 0 Å². The molecular weight excluding hydrogens is 388 g/mol. The number of hydrogen-bond acceptors (Lipinski definition) is 6. The summed E-state index contributed by atoms with van der Waals surface area (Å²) < 4.78 is 0. The van der Waals surface area contributed by atoms with Crippen molar-refractivity contribution in [1.82, 2.24) is 19.9 Å². The smallest absolute Gasteiger partial charge is 0.268 e. The Kier molecular flexibility index (Phi) is 7.30. The molecular formula is C21H25ClN6O. The third-order valence-corrected chi connectivity index (χ3v) is 4.68. The minimum Gasteiger partial charge on any atom is -0.366 e. The lowest BCUT2D eigenvalue weighted by Gasteiger charge is -2.33. The summed E-state index contributed by atoms with van der Waals surface area (Å²) >= 11 is 5.90. The first-order valence-corrected chi connectivity index (χ1v) is 10.0. The van der Waals surface area contributed by atoms with Crippen LogP contribution in [0.1, 0.15) is 32.5 Å². The number of carbonyl (C=O) groups is 1. The number of rotatable bonds is 6. The number of halogens is 1. The van der Waals surface area contributed by atoms with Crippen molar-refractivity contribution in [2.45, 2.75) is 39.2 Å². The normalized spacial score (nSPS) is 17.0. The fourth-order valence-electron chi connectivity index (χ4n) is 3.09. The van der Waals surface area contributed by atoms with Gasteiger partial charge in [0.05, 0.1) is 11.4 Å². The monoisotopic (exact) mass is 412 g/mol. The molecule has 1 atom stereocenters. The molecule has 0 spiro atoms. The molecule has 0 aliphatic carbocycles. The van der Waals surface area contributed by atoms with Crippen molar-refractivity contribution in [3.8, 4) is 0 Å². The lowest BCUT2D eigenvalue weighted by atomic mass is 10.0. The number of nitrogens with zero attached hydrogens (tertiary/aromatic N) is 5. The molecule has 0 saturated carbocycles. The number of piperidine rings is 1. The van der Waals surface area contributed by atoms with E-state index in [1.165, 1.54) is 0 Å². The van der Waals surface area contributed by atoms with Gasteiger partial charge >= 0.3 is 0 Å². The lowest BCUT2D eigenvalue weighted by Crippen LogP contribution is -2.48. The summed E-state index contributed by atoms with van der Waals surface area (Å²) in [5.74, 6) is 1.26. The molecule has 2 aromatic heterocycles. The van der Waals surface area contributed by atoms with Crippen LogP contribution in [0.25, 0.3) is 0 Å². The van der Waals surface area contributed by atoms with E-state index in [4.69, 9.17) is 11.6 Å².